The zero-order valence-electron chi connectivity index (χ0n) is 11.9. The third-order valence-electron chi connectivity index (χ3n) is 3.18. The number of nitrogens with zero attached hydrogens (tertiary/aromatic N) is 4. The van der Waals surface area contributed by atoms with Crippen molar-refractivity contribution in [3.63, 3.8) is 0 Å². The van der Waals surface area contributed by atoms with Gasteiger partial charge in [0.05, 0.1) is 23.4 Å². The van der Waals surface area contributed by atoms with E-state index >= 15 is 0 Å². The highest BCUT2D eigenvalue weighted by Crippen LogP contribution is 2.18. The molecule has 0 bridgehead atoms. The summed E-state index contributed by atoms with van der Waals surface area (Å²) in [5, 5.41) is 22.1. The van der Waals surface area contributed by atoms with Gasteiger partial charge in [0, 0.05) is 37.6 Å². The van der Waals surface area contributed by atoms with Crippen molar-refractivity contribution in [2.75, 3.05) is 6.54 Å². The lowest BCUT2D eigenvalue weighted by atomic mass is 9.99. The molecular formula is C13H20BrN5O. The molecule has 6 nitrogen and oxygen atoms in total. The van der Waals surface area contributed by atoms with E-state index in [2.05, 4.69) is 38.4 Å². The van der Waals surface area contributed by atoms with Crippen molar-refractivity contribution in [1.82, 2.24) is 24.9 Å². The van der Waals surface area contributed by atoms with Crippen molar-refractivity contribution in [2.45, 2.75) is 32.0 Å². The zero-order chi connectivity index (χ0) is 14.8. The second-order valence-electron chi connectivity index (χ2n) is 5.34. The van der Waals surface area contributed by atoms with Gasteiger partial charge in [0.15, 0.2) is 0 Å². The molecule has 0 saturated heterocycles. The number of nitrogens with one attached hydrogen (secondary N) is 1. The number of hydrogen-bond donors (Lipinski definition) is 2. The van der Waals surface area contributed by atoms with Crippen LogP contribution in [0.1, 0.15) is 19.4 Å². The van der Waals surface area contributed by atoms with Crippen LogP contribution in [0, 0.1) is 0 Å². The molecular weight excluding hydrogens is 322 g/mol. The molecule has 0 radical (unpaired) electrons. The molecule has 0 aromatic carbocycles. The molecule has 0 saturated carbocycles. The van der Waals surface area contributed by atoms with Crippen LogP contribution in [-0.4, -0.2) is 37.3 Å². The number of rotatable bonds is 6. The molecule has 0 spiro atoms. The van der Waals surface area contributed by atoms with Gasteiger partial charge in [-0.15, -0.1) is 0 Å². The Balaban J connectivity index is 1.87. The molecule has 2 atom stereocenters. The molecule has 0 amide bonds. The zero-order valence-corrected chi connectivity index (χ0v) is 13.5. The molecule has 2 aromatic heterocycles. The molecule has 2 heterocycles. The van der Waals surface area contributed by atoms with Crippen LogP contribution in [0.3, 0.4) is 0 Å². The Morgan fingerprint density at radius 3 is 2.70 bits per heavy atom. The van der Waals surface area contributed by atoms with Crippen molar-refractivity contribution in [3.8, 4) is 0 Å². The maximum absolute atomic E-state index is 10.5. The van der Waals surface area contributed by atoms with Crippen LogP contribution >= 0.6 is 15.9 Å². The topological polar surface area (TPSA) is 67.9 Å². The third kappa shape index (κ3) is 3.91. The Labute approximate surface area is 126 Å². The standard InChI is InChI=1S/C13H20BrN5O/c1-10(6-19-8-12(14)5-17-19)15-9-13(2,20)11-4-16-18(3)7-11/h4-5,7-8,10,15,20H,6,9H2,1-3H3. The molecule has 110 valence electrons. The van der Waals surface area contributed by atoms with E-state index in [1.165, 1.54) is 0 Å². The van der Waals surface area contributed by atoms with Crippen LogP contribution < -0.4 is 5.32 Å². The van der Waals surface area contributed by atoms with Gasteiger partial charge >= 0.3 is 0 Å². The minimum absolute atomic E-state index is 0.199. The summed E-state index contributed by atoms with van der Waals surface area (Å²) in [6.45, 7) is 5.06. The van der Waals surface area contributed by atoms with Gasteiger partial charge in [-0.3, -0.25) is 9.36 Å². The van der Waals surface area contributed by atoms with Crippen molar-refractivity contribution >= 4 is 15.9 Å². The summed E-state index contributed by atoms with van der Waals surface area (Å²) < 4.78 is 4.52. The molecule has 7 heteroatoms. The SMILES string of the molecule is CC(Cn1cc(Br)cn1)NCC(C)(O)c1cnn(C)c1. The van der Waals surface area contributed by atoms with Gasteiger partial charge in [-0.05, 0) is 29.8 Å². The smallest absolute Gasteiger partial charge is 0.102 e. The molecule has 0 aliphatic heterocycles. The second kappa shape index (κ2) is 6.07. The lowest BCUT2D eigenvalue weighted by molar-refractivity contribution is 0.0536. The van der Waals surface area contributed by atoms with Crippen LogP contribution in [0.15, 0.2) is 29.3 Å². The first kappa shape index (κ1) is 15.2. The molecule has 0 aliphatic carbocycles. The summed E-state index contributed by atoms with van der Waals surface area (Å²) in [5.74, 6) is 0. The molecule has 2 aromatic rings. The summed E-state index contributed by atoms with van der Waals surface area (Å²) in [6.07, 6.45) is 7.21. The van der Waals surface area contributed by atoms with Crippen molar-refractivity contribution in [3.05, 3.63) is 34.8 Å². The lowest BCUT2D eigenvalue weighted by Crippen LogP contribution is -2.41. The van der Waals surface area contributed by atoms with E-state index in [4.69, 9.17) is 0 Å². The largest absolute Gasteiger partial charge is 0.384 e. The number of halogens is 1. The average Bonchev–Trinajstić information content (AvgIpc) is 2.96. The van der Waals surface area contributed by atoms with E-state index in [1.54, 1.807) is 24.0 Å². The highest BCUT2D eigenvalue weighted by Gasteiger charge is 2.25. The van der Waals surface area contributed by atoms with Gasteiger partial charge in [0.25, 0.3) is 0 Å². The maximum atomic E-state index is 10.5. The first-order valence-corrected chi connectivity index (χ1v) is 7.29. The van der Waals surface area contributed by atoms with Gasteiger partial charge in [-0.2, -0.15) is 10.2 Å². The second-order valence-corrected chi connectivity index (χ2v) is 6.25. The Bertz CT molecular complexity index is 563. The first-order valence-electron chi connectivity index (χ1n) is 6.49. The summed E-state index contributed by atoms with van der Waals surface area (Å²) >= 11 is 3.37. The Morgan fingerprint density at radius 1 is 1.40 bits per heavy atom. The molecule has 2 unspecified atom stereocenters. The van der Waals surface area contributed by atoms with Crippen LogP contribution in [0.5, 0.6) is 0 Å². The van der Waals surface area contributed by atoms with Gasteiger partial charge in [0.1, 0.15) is 5.60 Å². The fourth-order valence-corrected chi connectivity index (χ4v) is 2.29. The highest BCUT2D eigenvalue weighted by molar-refractivity contribution is 9.10. The maximum Gasteiger partial charge on any atom is 0.102 e. The predicted molar refractivity (Wildman–Crippen MR) is 80.2 cm³/mol. The van der Waals surface area contributed by atoms with E-state index in [9.17, 15) is 5.11 Å². The monoisotopic (exact) mass is 341 g/mol. The van der Waals surface area contributed by atoms with Crippen molar-refractivity contribution in [1.29, 1.82) is 0 Å². The normalized spacial score (nSPS) is 16.1. The molecule has 0 fully saturated rings. The van der Waals surface area contributed by atoms with Gasteiger partial charge in [-0.25, -0.2) is 0 Å². The lowest BCUT2D eigenvalue weighted by Gasteiger charge is -2.25. The van der Waals surface area contributed by atoms with Crippen LogP contribution in [0.2, 0.25) is 0 Å². The summed E-state index contributed by atoms with van der Waals surface area (Å²) in [6, 6.07) is 0.199. The summed E-state index contributed by atoms with van der Waals surface area (Å²) in [5.41, 5.74) is -0.130. The number of aryl methyl sites for hydroxylation is 1. The van der Waals surface area contributed by atoms with Gasteiger partial charge in [0.2, 0.25) is 0 Å². The number of hydrogen-bond acceptors (Lipinski definition) is 4. The van der Waals surface area contributed by atoms with E-state index in [1.807, 2.05) is 24.1 Å². The van der Waals surface area contributed by atoms with Crippen molar-refractivity contribution < 1.29 is 5.11 Å². The van der Waals surface area contributed by atoms with Crippen LogP contribution in [0.4, 0.5) is 0 Å². The predicted octanol–water partition coefficient (Wildman–Crippen LogP) is 1.26. The molecule has 20 heavy (non-hydrogen) atoms. The average molecular weight is 342 g/mol. The van der Waals surface area contributed by atoms with E-state index < -0.39 is 5.60 Å². The van der Waals surface area contributed by atoms with E-state index in [-0.39, 0.29) is 6.04 Å². The Kier molecular flexibility index (Phi) is 4.62. The molecule has 2 rings (SSSR count). The third-order valence-corrected chi connectivity index (χ3v) is 3.59. The molecule has 0 aliphatic rings. The molecule has 2 N–H and O–H groups in total. The summed E-state index contributed by atoms with van der Waals surface area (Å²) in [7, 11) is 1.84. The first-order chi connectivity index (χ1) is 9.37. The van der Waals surface area contributed by atoms with Crippen molar-refractivity contribution in [2.24, 2.45) is 7.05 Å². The minimum Gasteiger partial charge on any atom is -0.384 e. The Morgan fingerprint density at radius 2 is 2.15 bits per heavy atom. The van der Waals surface area contributed by atoms with Crippen LogP contribution in [0.25, 0.3) is 0 Å². The quantitative estimate of drug-likeness (QED) is 0.830. The fourth-order valence-electron chi connectivity index (χ4n) is 1.96. The van der Waals surface area contributed by atoms with Gasteiger partial charge in [-0.1, -0.05) is 0 Å². The Hall–Kier alpha value is -1.18. The van der Waals surface area contributed by atoms with E-state index in [0.717, 1.165) is 16.6 Å². The summed E-state index contributed by atoms with van der Waals surface area (Å²) in [4.78, 5) is 0. The van der Waals surface area contributed by atoms with E-state index in [0.29, 0.717) is 6.54 Å². The number of aliphatic hydroxyl groups is 1. The van der Waals surface area contributed by atoms with Crippen LogP contribution in [-0.2, 0) is 19.2 Å². The minimum atomic E-state index is -0.937. The number of aromatic nitrogens is 4. The fraction of sp³-hybridized carbons (Fsp3) is 0.538. The highest BCUT2D eigenvalue weighted by atomic mass is 79.9. The van der Waals surface area contributed by atoms with Gasteiger partial charge < -0.3 is 10.4 Å².